The summed E-state index contributed by atoms with van der Waals surface area (Å²) in [7, 11) is 0. The predicted molar refractivity (Wildman–Crippen MR) is 85.3 cm³/mol. The van der Waals surface area contributed by atoms with E-state index in [2.05, 4.69) is 11.4 Å². The third-order valence-corrected chi connectivity index (χ3v) is 3.28. The molecular formula is C18H19NO2. The molecule has 0 aliphatic rings. The van der Waals surface area contributed by atoms with E-state index >= 15 is 0 Å². The molecule has 2 aromatic rings. The lowest BCUT2D eigenvalue weighted by Crippen LogP contribution is -2.16. The van der Waals surface area contributed by atoms with Crippen LogP contribution in [-0.4, -0.2) is 11.7 Å². The first-order valence-corrected chi connectivity index (χ1v) is 6.93. The fourth-order valence-corrected chi connectivity index (χ4v) is 2.30. The molecule has 0 atom stereocenters. The molecule has 3 heteroatoms. The van der Waals surface area contributed by atoms with Crippen molar-refractivity contribution >= 4 is 17.4 Å². The van der Waals surface area contributed by atoms with Gasteiger partial charge in [-0.3, -0.25) is 9.59 Å². The fourth-order valence-electron chi connectivity index (χ4n) is 2.30. The Bertz CT molecular complexity index is 689. The third kappa shape index (κ3) is 3.78. The molecule has 0 fully saturated rings. The number of amides is 1. The van der Waals surface area contributed by atoms with E-state index in [1.165, 1.54) is 6.92 Å². The van der Waals surface area contributed by atoms with E-state index < -0.39 is 0 Å². The van der Waals surface area contributed by atoms with Crippen LogP contribution >= 0.6 is 0 Å². The van der Waals surface area contributed by atoms with Crippen LogP contribution in [0.2, 0.25) is 0 Å². The molecule has 0 saturated carbocycles. The molecule has 1 N–H and O–H groups in total. The van der Waals surface area contributed by atoms with E-state index in [1.807, 2.05) is 50.2 Å². The topological polar surface area (TPSA) is 46.2 Å². The van der Waals surface area contributed by atoms with E-state index in [0.717, 1.165) is 27.9 Å². The van der Waals surface area contributed by atoms with Gasteiger partial charge in [-0.15, -0.1) is 0 Å². The maximum Gasteiger partial charge on any atom is 0.231 e. The SMILES string of the molecule is CC(=O)CC(=O)Nc1c(C)cccc1-c1cccc(C)c1. The highest BCUT2D eigenvalue weighted by Crippen LogP contribution is 2.31. The van der Waals surface area contributed by atoms with Crippen LogP contribution in [0.15, 0.2) is 42.5 Å². The molecule has 0 aliphatic heterocycles. The Morgan fingerprint density at radius 3 is 2.43 bits per heavy atom. The Labute approximate surface area is 125 Å². The van der Waals surface area contributed by atoms with Crippen LogP contribution in [0.3, 0.4) is 0 Å². The number of carbonyl (C=O) groups is 2. The molecule has 108 valence electrons. The number of ketones is 1. The number of nitrogens with one attached hydrogen (secondary N) is 1. The van der Waals surface area contributed by atoms with Crippen molar-refractivity contribution in [3.05, 3.63) is 53.6 Å². The molecule has 0 radical (unpaired) electrons. The van der Waals surface area contributed by atoms with Gasteiger partial charge in [0.25, 0.3) is 0 Å². The number of anilines is 1. The number of Topliss-reactive ketones (excluding diaryl/α,β-unsaturated/α-hetero) is 1. The van der Waals surface area contributed by atoms with E-state index in [4.69, 9.17) is 0 Å². The number of hydrogen-bond acceptors (Lipinski definition) is 2. The molecule has 0 aromatic heterocycles. The summed E-state index contributed by atoms with van der Waals surface area (Å²) in [5.74, 6) is -0.413. The quantitative estimate of drug-likeness (QED) is 0.864. The van der Waals surface area contributed by atoms with E-state index in [-0.39, 0.29) is 18.1 Å². The van der Waals surface area contributed by atoms with Gasteiger partial charge in [0.15, 0.2) is 0 Å². The second-order valence-corrected chi connectivity index (χ2v) is 5.29. The van der Waals surface area contributed by atoms with Crippen molar-refractivity contribution in [2.24, 2.45) is 0 Å². The maximum absolute atomic E-state index is 11.9. The first-order chi connectivity index (χ1) is 9.97. The summed E-state index contributed by atoms with van der Waals surface area (Å²) < 4.78 is 0. The van der Waals surface area contributed by atoms with E-state index in [0.29, 0.717) is 0 Å². The van der Waals surface area contributed by atoms with Gasteiger partial charge in [0.1, 0.15) is 5.78 Å². The Morgan fingerprint density at radius 2 is 1.76 bits per heavy atom. The number of rotatable bonds is 4. The van der Waals surface area contributed by atoms with Crippen LogP contribution in [0.4, 0.5) is 5.69 Å². The van der Waals surface area contributed by atoms with Crippen molar-refractivity contribution in [3.63, 3.8) is 0 Å². The predicted octanol–water partition coefficient (Wildman–Crippen LogP) is 3.89. The highest BCUT2D eigenvalue weighted by molar-refractivity contribution is 6.05. The van der Waals surface area contributed by atoms with Gasteiger partial charge < -0.3 is 5.32 Å². The van der Waals surface area contributed by atoms with Crippen molar-refractivity contribution < 1.29 is 9.59 Å². The van der Waals surface area contributed by atoms with Crippen molar-refractivity contribution in [2.45, 2.75) is 27.2 Å². The average Bonchev–Trinajstić information content (AvgIpc) is 2.40. The molecule has 0 heterocycles. The minimum atomic E-state index is -0.272. The lowest BCUT2D eigenvalue weighted by atomic mass is 9.99. The normalized spacial score (nSPS) is 10.2. The zero-order valence-corrected chi connectivity index (χ0v) is 12.6. The Kier molecular flexibility index (Phi) is 4.53. The summed E-state index contributed by atoms with van der Waals surface area (Å²) in [5.41, 5.74) is 4.93. The maximum atomic E-state index is 11.9. The van der Waals surface area contributed by atoms with Gasteiger partial charge >= 0.3 is 0 Å². The standard InChI is InChI=1S/C18H19NO2/c1-12-6-4-8-15(10-12)16-9-5-7-13(2)18(16)19-17(21)11-14(3)20/h4-10H,11H2,1-3H3,(H,19,21). The summed E-state index contributed by atoms with van der Waals surface area (Å²) in [6, 6.07) is 14.0. The third-order valence-electron chi connectivity index (χ3n) is 3.28. The van der Waals surface area contributed by atoms with Gasteiger partial charge in [0.2, 0.25) is 5.91 Å². The zero-order chi connectivity index (χ0) is 15.4. The summed E-state index contributed by atoms with van der Waals surface area (Å²) >= 11 is 0. The van der Waals surface area contributed by atoms with Gasteiger partial charge in [-0.1, -0.05) is 48.0 Å². The van der Waals surface area contributed by atoms with Gasteiger partial charge in [-0.25, -0.2) is 0 Å². The molecule has 2 rings (SSSR count). The van der Waals surface area contributed by atoms with Gasteiger partial charge in [-0.2, -0.15) is 0 Å². The Balaban J connectivity index is 2.41. The number of carbonyl (C=O) groups excluding carboxylic acids is 2. The second kappa shape index (κ2) is 6.35. The van der Waals surface area contributed by atoms with Crippen LogP contribution in [0.5, 0.6) is 0 Å². The highest BCUT2D eigenvalue weighted by atomic mass is 16.2. The highest BCUT2D eigenvalue weighted by Gasteiger charge is 2.12. The number of hydrogen-bond donors (Lipinski definition) is 1. The van der Waals surface area contributed by atoms with Crippen molar-refractivity contribution in [3.8, 4) is 11.1 Å². The molecule has 0 bridgehead atoms. The lowest BCUT2D eigenvalue weighted by Gasteiger charge is -2.14. The van der Waals surface area contributed by atoms with Gasteiger partial charge in [0.05, 0.1) is 12.1 Å². The van der Waals surface area contributed by atoms with E-state index in [1.54, 1.807) is 0 Å². The lowest BCUT2D eigenvalue weighted by molar-refractivity contribution is -0.124. The summed E-state index contributed by atoms with van der Waals surface area (Å²) in [6.07, 6.45) is -0.0956. The summed E-state index contributed by atoms with van der Waals surface area (Å²) in [6.45, 7) is 5.40. The Hall–Kier alpha value is -2.42. The second-order valence-electron chi connectivity index (χ2n) is 5.29. The minimum absolute atomic E-state index is 0.0956. The van der Waals surface area contributed by atoms with Crippen LogP contribution in [0, 0.1) is 13.8 Å². The molecule has 21 heavy (non-hydrogen) atoms. The fraction of sp³-hybridized carbons (Fsp3) is 0.222. The number of benzene rings is 2. The zero-order valence-electron chi connectivity index (χ0n) is 12.6. The molecule has 0 aliphatic carbocycles. The van der Waals surface area contributed by atoms with Crippen molar-refractivity contribution in [2.75, 3.05) is 5.32 Å². The first-order valence-electron chi connectivity index (χ1n) is 6.93. The summed E-state index contributed by atoms with van der Waals surface area (Å²) in [4.78, 5) is 23.0. The van der Waals surface area contributed by atoms with Crippen LogP contribution < -0.4 is 5.32 Å². The van der Waals surface area contributed by atoms with Crippen molar-refractivity contribution in [1.82, 2.24) is 0 Å². The van der Waals surface area contributed by atoms with Gasteiger partial charge in [0, 0.05) is 5.56 Å². The number of para-hydroxylation sites is 1. The molecule has 0 unspecified atom stereocenters. The summed E-state index contributed by atoms with van der Waals surface area (Å²) in [5, 5.41) is 2.87. The van der Waals surface area contributed by atoms with Crippen LogP contribution in [0.25, 0.3) is 11.1 Å². The largest absolute Gasteiger partial charge is 0.325 e. The molecule has 0 spiro atoms. The molecule has 1 amide bonds. The monoisotopic (exact) mass is 281 g/mol. The smallest absolute Gasteiger partial charge is 0.231 e. The van der Waals surface area contributed by atoms with Crippen molar-refractivity contribution in [1.29, 1.82) is 0 Å². The van der Waals surface area contributed by atoms with Crippen LogP contribution in [-0.2, 0) is 9.59 Å². The molecule has 2 aromatic carbocycles. The van der Waals surface area contributed by atoms with E-state index in [9.17, 15) is 9.59 Å². The molecular weight excluding hydrogens is 262 g/mol. The number of aryl methyl sites for hydroxylation is 2. The minimum Gasteiger partial charge on any atom is -0.325 e. The molecule has 3 nitrogen and oxygen atoms in total. The average molecular weight is 281 g/mol. The van der Waals surface area contributed by atoms with Gasteiger partial charge in [-0.05, 0) is 31.9 Å². The van der Waals surface area contributed by atoms with Crippen LogP contribution in [0.1, 0.15) is 24.5 Å². The first kappa shape index (κ1) is 15.0. The molecule has 0 saturated heterocycles. The Morgan fingerprint density at radius 1 is 1.05 bits per heavy atom.